The van der Waals surface area contributed by atoms with E-state index in [4.69, 9.17) is 5.73 Å². The summed E-state index contributed by atoms with van der Waals surface area (Å²) in [5.41, 5.74) is 5.63. The number of unbranched alkanes of at least 4 members (excludes halogenated alkanes) is 3. The normalized spacial score (nSPS) is 12.7. The lowest BCUT2D eigenvalue weighted by Crippen LogP contribution is -2.32. The van der Waals surface area contributed by atoms with Crippen molar-refractivity contribution in [3.05, 3.63) is 0 Å². The van der Waals surface area contributed by atoms with Gasteiger partial charge in [-0.1, -0.05) is 26.2 Å². The van der Waals surface area contributed by atoms with Crippen LogP contribution in [-0.4, -0.2) is 39.5 Å². The van der Waals surface area contributed by atoms with Gasteiger partial charge in [0.15, 0.2) is 5.96 Å². The van der Waals surface area contributed by atoms with Crippen molar-refractivity contribution >= 4 is 15.8 Å². The zero-order valence-electron chi connectivity index (χ0n) is 10.9. The van der Waals surface area contributed by atoms with E-state index in [0.717, 1.165) is 13.0 Å². The maximum Gasteiger partial charge on any atom is 0.188 e. The van der Waals surface area contributed by atoms with Crippen LogP contribution in [0.2, 0.25) is 0 Å². The van der Waals surface area contributed by atoms with Crippen LogP contribution < -0.4 is 11.1 Å². The van der Waals surface area contributed by atoms with E-state index in [-0.39, 0.29) is 5.75 Å². The Morgan fingerprint density at radius 3 is 2.53 bits per heavy atom. The molecule has 102 valence electrons. The van der Waals surface area contributed by atoms with Gasteiger partial charge in [-0.05, 0) is 12.8 Å². The molecule has 0 saturated heterocycles. The highest BCUT2D eigenvalue weighted by atomic mass is 32.2. The Hall–Kier alpha value is -0.780. The van der Waals surface area contributed by atoms with E-state index in [1.165, 1.54) is 25.5 Å². The molecule has 0 aliphatic heterocycles. The molecule has 0 fully saturated rings. The van der Waals surface area contributed by atoms with E-state index in [1.54, 1.807) is 0 Å². The molecule has 0 rings (SSSR count). The van der Waals surface area contributed by atoms with Gasteiger partial charge in [-0.2, -0.15) is 0 Å². The Kier molecular flexibility index (Phi) is 8.85. The number of guanidine groups is 1. The van der Waals surface area contributed by atoms with Crippen LogP contribution in [0.4, 0.5) is 0 Å². The number of nitrogens with two attached hydrogens (primary N) is 1. The van der Waals surface area contributed by atoms with Gasteiger partial charge in [0.2, 0.25) is 0 Å². The minimum absolute atomic E-state index is 0.167. The van der Waals surface area contributed by atoms with E-state index < -0.39 is 9.84 Å². The van der Waals surface area contributed by atoms with E-state index in [0.29, 0.717) is 18.9 Å². The van der Waals surface area contributed by atoms with Crippen LogP contribution >= 0.6 is 0 Å². The molecule has 0 aromatic rings. The van der Waals surface area contributed by atoms with Crippen molar-refractivity contribution < 1.29 is 8.42 Å². The quantitative estimate of drug-likeness (QED) is 0.368. The number of hydrogen-bond donors (Lipinski definition) is 2. The number of nitrogens with zero attached hydrogens (tertiary/aromatic N) is 1. The molecule has 0 aliphatic carbocycles. The van der Waals surface area contributed by atoms with Crippen molar-refractivity contribution in [2.45, 2.75) is 39.0 Å². The van der Waals surface area contributed by atoms with Crippen LogP contribution in [-0.2, 0) is 9.84 Å². The van der Waals surface area contributed by atoms with Crippen molar-refractivity contribution in [2.75, 3.05) is 25.1 Å². The third kappa shape index (κ3) is 13.2. The molecule has 17 heavy (non-hydrogen) atoms. The molecule has 0 bridgehead atoms. The molecule has 0 aromatic carbocycles. The van der Waals surface area contributed by atoms with E-state index >= 15 is 0 Å². The summed E-state index contributed by atoms with van der Waals surface area (Å²) >= 11 is 0. The van der Waals surface area contributed by atoms with Gasteiger partial charge >= 0.3 is 0 Å². The van der Waals surface area contributed by atoms with Gasteiger partial charge in [-0.3, -0.25) is 4.99 Å². The minimum Gasteiger partial charge on any atom is -0.370 e. The number of nitrogens with one attached hydrogen (secondary N) is 1. The van der Waals surface area contributed by atoms with Crippen LogP contribution in [0, 0.1) is 0 Å². The Morgan fingerprint density at radius 2 is 1.94 bits per heavy atom. The van der Waals surface area contributed by atoms with E-state index in [9.17, 15) is 8.42 Å². The van der Waals surface area contributed by atoms with Crippen LogP contribution in [0.1, 0.15) is 39.0 Å². The summed E-state index contributed by atoms with van der Waals surface area (Å²) in [4.78, 5) is 4.06. The highest BCUT2D eigenvalue weighted by Gasteiger charge is 2.00. The lowest BCUT2D eigenvalue weighted by molar-refractivity contribution is 0.599. The lowest BCUT2D eigenvalue weighted by Gasteiger charge is -2.04. The van der Waals surface area contributed by atoms with Crippen LogP contribution in [0.3, 0.4) is 0 Å². The smallest absolute Gasteiger partial charge is 0.188 e. The topological polar surface area (TPSA) is 84.5 Å². The second-order valence-corrected chi connectivity index (χ2v) is 6.50. The van der Waals surface area contributed by atoms with Gasteiger partial charge in [-0.25, -0.2) is 8.42 Å². The molecule has 0 atom stereocenters. The summed E-state index contributed by atoms with van der Waals surface area (Å²) in [7, 11) is -2.88. The minimum atomic E-state index is -2.88. The first-order valence-electron chi connectivity index (χ1n) is 6.17. The molecule has 0 aliphatic rings. The largest absolute Gasteiger partial charge is 0.370 e. The summed E-state index contributed by atoms with van der Waals surface area (Å²) < 4.78 is 21.7. The first kappa shape index (κ1) is 16.2. The molecule has 0 unspecified atom stereocenters. The Bertz CT molecular complexity index is 313. The Balaban J connectivity index is 3.52. The van der Waals surface area contributed by atoms with Gasteiger partial charge in [0.05, 0.1) is 5.75 Å². The van der Waals surface area contributed by atoms with Crippen LogP contribution in [0.25, 0.3) is 0 Å². The summed E-state index contributed by atoms with van der Waals surface area (Å²) in [5, 5.41) is 3.02. The first-order chi connectivity index (χ1) is 7.95. The third-order valence-corrected chi connectivity index (χ3v) is 3.32. The molecule has 0 aromatic heterocycles. The van der Waals surface area contributed by atoms with E-state index in [1.807, 2.05) is 0 Å². The fraction of sp³-hybridized carbons (Fsp3) is 0.909. The second-order valence-electron chi connectivity index (χ2n) is 4.24. The van der Waals surface area contributed by atoms with Gasteiger partial charge in [0.1, 0.15) is 9.84 Å². The van der Waals surface area contributed by atoms with Gasteiger partial charge in [0.25, 0.3) is 0 Å². The van der Waals surface area contributed by atoms with E-state index in [2.05, 4.69) is 17.2 Å². The first-order valence-corrected chi connectivity index (χ1v) is 8.23. The number of rotatable bonds is 9. The molecule has 0 heterocycles. The lowest BCUT2D eigenvalue weighted by atomic mass is 10.2. The monoisotopic (exact) mass is 263 g/mol. The standard InChI is InChI=1S/C11H25N3O2S/c1-3-4-5-6-8-13-11(12)14-9-7-10-17(2,15)16/h3-10H2,1-2H3,(H3,12,13,14). The fourth-order valence-electron chi connectivity index (χ4n) is 1.35. The maximum absolute atomic E-state index is 10.9. The van der Waals surface area contributed by atoms with Gasteiger partial charge in [-0.15, -0.1) is 0 Å². The molecule has 0 amide bonds. The number of aliphatic imine (C=N–C) groups is 1. The SMILES string of the molecule is CCCCCCNC(N)=NCCCS(C)(=O)=O. The van der Waals surface area contributed by atoms with Crippen molar-refractivity contribution in [3.63, 3.8) is 0 Å². The highest BCUT2D eigenvalue weighted by Crippen LogP contribution is 1.96. The number of hydrogen-bond acceptors (Lipinski definition) is 3. The van der Waals surface area contributed by atoms with Crippen molar-refractivity contribution in [1.29, 1.82) is 0 Å². The molecule has 0 saturated carbocycles. The molecule has 3 N–H and O–H groups in total. The summed E-state index contributed by atoms with van der Waals surface area (Å²) in [5.74, 6) is 0.579. The fourth-order valence-corrected chi connectivity index (χ4v) is 2.00. The zero-order chi connectivity index (χ0) is 13.1. The Labute approximate surface area is 105 Å². The van der Waals surface area contributed by atoms with Gasteiger partial charge < -0.3 is 11.1 Å². The molecular weight excluding hydrogens is 238 g/mol. The average molecular weight is 263 g/mol. The second kappa shape index (κ2) is 9.27. The van der Waals surface area contributed by atoms with Crippen LogP contribution in [0.5, 0.6) is 0 Å². The summed E-state index contributed by atoms with van der Waals surface area (Å²) in [6, 6.07) is 0. The van der Waals surface area contributed by atoms with Crippen molar-refractivity contribution in [1.82, 2.24) is 5.32 Å². The maximum atomic E-state index is 10.9. The van der Waals surface area contributed by atoms with Crippen LogP contribution in [0.15, 0.2) is 4.99 Å². The summed E-state index contributed by atoms with van der Waals surface area (Å²) in [6.45, 7) is 3.47. The molecular formula is C11H25N3O2S. The molecule has 0 radical (unpaired) electrons. The average Bonchev–Trinajstić information content (AvgIpc) is 2.23. The predicted octanol–water partition coefficient (Wildman–Crippen LogP) is 0.906. The molecule has 0 spiro atoms. The van der Waals surface area contributed by atoms with Gasteiger partial charge in [0, 0.05) is 19.3 Å². The highest BCUT2D eigenvalue weighted by molar-refractivity contribution is 7.90. The third-order valence-electron chi connectivity index (χ3n) is 2.29. The van der Waals surface area contributed by atoms with Crippen molar-refractivity contribution in [3.8, 4) is 0 Å². The molecule has 6 heteroatoms. The zero-order valence-corrected chi connectivity index (χ0v) is 11.7. The Morgan fingerprint density at radius 1 is 1.24 bits per heavy atom. The number of sulfone groups is 1. The molecule has 5 nitrogen and oxygen atoms in total. The summed E-state index contributed by atoms with van der Waals surface area (Å²) in [6.07, 6.45) is 6.50. The predicted molar refractivity (Wildman–Crippen MR) is 73.0 cm³/mol. The van der Waals surface area contributed by atoms with Crippen molar-refractivity contribution in [2.24, 2.45) is 10.7 Å².